The zero-order valence-electron chi connectivity index (χ0n) is 13.2. The Balaban J connectivity index is 1.76. The van der Waals surface area contributed by atoms with Gasteiger partial charge >= 0.3 is 0 Å². The maximum absolute atomic E-state index is 12.2. The highest BCUT2D eigenvalue weighted by Gasteiger charge is 2.29. The molecule has 116 valence electrons. The van der Waals surface area contributed by atoms with E-state index in [0.29, 0.717) is 6.04 Å². The summed E-state index contributed by atoms with van der Waals surface area (Å²) in [5.41, 5.74) is 0. The van der Waals surface area contributed by atoms with Crippen molar-refractivity contribution >= 4 is 5.91 Å². The average molecular weight is 282 g/mol. The van der Waals surface area contributed by atoms with E-state index in [4.69, 9.17) is 0 Å². The van der Waals surface area contributed by atoms with E-state index in [1.54, 1.807) is 0 Å². The van der Waals surface area contributed by atoms with Crippen molar-refractivity contribution in [3.05, 3.63) is 0 Å². The molecule has 0 saturated carbocycles. The fraction of sp³-hybridized carbons (Fsp3) is 0.933. The molecule has 0 aromatic carbocycles. The molecule has 0 bridgehead atoms. The zero-order valence-corrected chi connectivity index (χ0v) is 13.2. The van der Waals surface area contributed by atoms with Crippen LogP contribution < -0.4 is 10.6 Å². The van der Waals surface area contributed by atoms with Crippen molar-refractivity contribution in [1.29, 1.82) is 0 Å². The molecular formula is C15H30N4O. The normalized spacial score (nSPS) is 28.2. The lowest BCUT2D eigenvalue weighted by molar-refractivity contribution is -0.127. The molecule has 2 aliphatic heterocycles. The van der Waals surface area contributed by atoms with Crippen LogP contribution in [-0.2, 0) is 4.79 Å². The van der Waals surface area contributed by atoms with E-state index in [2.05, 4.69) is 34.3 Å². The van der Waals surface area contributed by atoms with Crippen molar-refractivity contribution in [2.75, 3.05) is 39.3 Å². The molecule has 2 aliphatic rings. The van der Waals surface area contributed by atoms with Crippen LogP contribution >= 0.6 is 0 Å². The van der Waals surface area contributed by atoms with Crippen LogP contribution in [0.1, 0.15) is 33.6 Å². The van der Waals surface area contributed by atoms with E-state index < -0.39 is 0 Å². The number of hydrogen-bond donors (Lipinski definition) is 2. The Kier molecular flexibility index (Phi) is 5.81. The van der Waals surface area contributed by atoms with Crippen LogP contribution in [0.3, 0.4) is 0 Å². The molecule has 20 heavy (non-hydrogen) atoms. The third kappa shape index (κ3) is 3.93. The van der Waals surface area contributed by atoms with Crippen LogP contribution in [0.4, 0.5) is 0 Å². The molecule has 0 aromatic heterocycles. The quantitative estimate of drug-likeness (QED) is 0.760. The molecule has 2 N–H and O–H groups in total. The van der Waals surface area contributed by atoms with Crippen LogP contribution in [0.2, 0.25) is 0 Å². The lowest BCUT2D eigenvalue weighted by atomic mass is 10.1. The number of hydrogen-bond acceptors (Lipinski definition) is 4. The molecule has 3 atom stereocenters. The van der Waals surface area contributed by atoms with Gasteiger partial charge in [-0.3, -0.25) is 14.6 Å². The maximum Gasteiger partial charge on any atom is 0.237 e. The van der Waals surface area contributed by atoms with E-state index in [-0.39, 0.29) is 18.0 Å². The molecule has 0 spiro atoms. The molecule has 5 nitrogen and oxygen atoms in total. The van der Waals surface area contributed by atoms with E-state index in [0.717, 1.165) is 45.7 Å². The van der Waals surface area contributed by atoms with Gasteiger partial charge in [0.1, 0.15) is 0 Å². The average Bonchev–Trinajstić information content (AvgIpc) is 3.00. The van der Waals surface area contributed by atoms with Gasteiger partial charge in [0.25, 0.3) is 0 Å². The fourth-order valence-corrected chi connectivity index (χ4v) is 3.07. The van der Waals surface area contributed by atoms with Crippen LogP contribution in [0.25, 0.3) is 0 Å². The second-order valence-corrected chi connectivity index (χ2v) is 6.21. The number of piperazine rings is 1. The summed E-state index contributed by atoms with van der Waals surface area (Å²) >= 11 is 0. The number of amides is 1. The monoisotopic (exact) mass is 282 g/mol. The van der Waals surface area contributed by atoms with Gasteiger partial charge < -0.3 is 10.6 Å². The highest BCUT2D eigenvalue weighted by atomic mass is 16.2. The standard InChI is InChI=1S/C15H30N4O/c1-4-12(2)17-15(20)13(3)18-7-9-19(10-8-18)14-5-6-16-11-14/h12-14,16H,4-11H2,1-3H3,(H,17,20). The first-order valence-electron chi connectivity index (χ1n) is 8.11. The number of nitrogens with zero attached hydrogens (tertiary/aromatic N) is 2. The van der Waals surface area contributed by atoms with Gasteiger partial charge in [-0.15, -0.1) is 0 Å². The van der Waals surface area contributed by atoms with E-state index in [1.165, 1.54) is 6.42 Å². The molecule has 2 saturated heterocycles. The topological polar surface area (TPSA) is 47.6 Å². The fourth-order valence-electron chi connectivity index (χ4n) is 3.07. The first kappa shape index (κ1) is 15.7. The van der Waals surface area contributed by atoms with Crippen molar-refractivity contribution in [2.24, 2.45) is 0 Å². The SMILES string of the molecule is CCC(C)NC(=O)C(C)N1CCN(C2CCNC2)CC1. The summed E-state index contributed by atoms with van der Waals surface area (Å²) in [6.45, 7) is 12.7. The number of carbonyl (C=O) groups is 1. The minimum Gasteiger partial charge on any atom is -0.352 e. The molecule has 0 aromatic rings. The molecule has 3 unspecified atom stereocenters. The predicted octanol–water partition coefficient (Wildman–Crippen LogP) is 0.269. The van der Waals surface area contributed by atoms with Gasteiger partial charge in [0.15, 0.2) is 0 Å². The smallest absolute Gasteiger partial charge is 0.237 e. The van der Waals surface area contributed by atoms with Crippen LogP contribution in [0.5, 0.6) is 0 Å². The first-order chi connectivity index (χ1) is 9.61. The maximum atomic E-state index is 12.2. The second-order valence-electron chi connectivity index (χ2n) is 6.21. The largest absolute Gasteiger partial charge is 0.352 e. The highest BCUT2D eigenvalue weighted by Crippen LogP contribution is 2.13. The summed E-state index contributed by atoms with van der Waals surface area (Å²) in [6.07, 6.45) is 2.25. The van der Waals surface area contributed by atoms with Crippen molar-refractivity contribution in [1.82, 2.24) is 20.4 Å². The number of nitrogens with one attached hydrogen (secondary N) is 2. The first-order valence-corrected chi connectivity index (χ1v) is 8.11. The summed E-state index contributed by atoms with van der Waals surface area (Å²) in [5, 5.41) is 6.52. The third-order valence-electron chi connectivity index (χ3n) is 4.83. The Morgan fingerprint density at radius 3 is 2.55 bits per heavy atom. The van der Waals surface area contributed by atoms with Crippen LogP contribution in [0, 0.1) is 0 Å². The molecule has 5 heteroatoms. The summed E-state index contributed by atoms with van der Waals surface area (Å²) < 4.78 is 0. The summed E-state index contributed by atoms with van der Waals surface area (Å²) in [5.74, 6) is 0.176. The number of rotatable bonds is 5. The lowest BCUT2D eigenvalue weighted by Gasteiger charge is -2.40. The third-order valence-corrected chi connectivity index (χ3v) is 4.83. The van der Waals surface area contributed by atoms with Gasteiger partial charge in [0.05, 0.1) is 6.04 Å². The van der Waals surface area contributed by atoms with Crippen LogP contribution in [-0.4, -0.2) is 73.1 Å². The molecular weight excluding hydrogens is 252 g/mol. The Morgan fingerprint density at radius 1 is 1.30 bits per heavy atom. The summed E-state index contributed by atoms with van der Waals surface area (Å²) in [6, 6.07) is 0.977. The van der Waals surface area contributed by atoms with Crippen molar-refractivity contribution in [2.45, 2.75) is 51.7 Å². The lowest BCUT2D eigenvalue weighted by Crippen LogP contribution is -2.56. The predicted molar refractivity (Wildman–Crippen MR) is 81.8 cm³/mol. The van der Waals surface area contributed by atoms with E-state index >= 15 is 0 Å². The summed E-state index contributed by atoms with van der Waals surface area (Å²) in [7, 11) is 0. The minimum absolute atomic E-state index is 0.00662. The van der Waals surface area contributed by atoms with E-state index in [9.17, 15) is 4.79 Å². The van der Waals surface area contributed by atoms with Gasteiger partial charge in [0, 0.05) is 44.8 Å². The second kappa shape index (κ2) is 7.38. The van der Waals surface area contributed by atoms with Crippen LogP contribution in [0.15, 0.2) is 0 Å². The Bertz CT molecular complexity index is 309. The minimum atomic E-state index is -0.00662. The van der Waals surface area contributed by atoms with Gasteiger partial charge in [-0.25, -0.2) is 0 Å². The molecule has 2 heterocycles. The molecule has 0 radical (unpaired) electrons. The highest BCUT2D eigenvalue weighted by molar-refractivity contribution is 5.81. The summed E-state index contributed by atoms with van der Waals surface area (Å²) in [4.78, 5) is 17.1. The zero-order chi connectivity index (χ0) is 14.5. The van der Waals surface area contributed by atoms with Crippen molar-refractivity contribution < 1.29 is 4.79 Å². The molecule has 2 rings (SSSR count). The van der Waals surface area contributed by atoms with Gasteiger partial charge in [-0.1, -0.05) is 6.92 Å². The van der Waals surface area contributed by atoms with Gasteiger partial charge in [0.2, 0.25) is 5.91 Å². The Labute approximate surface area is 123 Å². The number of carbonyl (C=O) groups excluding carboxylic acids is 1. The van der Waals surface area contributed by atoms with Crippen molar-refractivity contribution in [3.8, 4) is 0 Å². The van der Waals surface area contributed by atoms with E-state index in [1.807, 2.05) is 6.92 Å². The molecule has 2 fully saturated rings. The van der Waals surface area contributed by atoms with Gasteiger partial charge in [-0.2, -0.15) is 0 Å². The molecule has 0 aliphatic carbocycles. The van der Waals surface area contributed by atoms with Gasteiger partial charge in [-0.05, 0) is 33.2 Å². The Morgan fingerprint density at radius 2 is 2.00 bits per heavy atom. The van der Waals surface area contributed by atoms with Crippen molar-refractivity contribution in [3.63, 3.8) is 0 Å². The molecule has 1 amide bonds. The Hall–Kier alpha value is -0.650.